The second-order valence-electron chi connectivity index (χ2n) is 6.75. The maximum Gasteiger partial charge on any atom is 0.144 e. The molecule has 4 N–H and O–H groups in total. The third kappa shape index (κ3) is 5.67. The SMILES string of the molecule is COCCC1(CNCCCCC(C)(C)C(N)=NO)CC1. The van der Waals surface area contributed by atoms with Crippen molar-refractivity contribution in [3.8, 4) is 0 Å². The van der Waals surface area contributed by atoms with Crippen molar-refractivity contribution in [3.05, 3.63) is 0 Å². The first-order valence-electron chi connectivity index (χ1n) is 7.63. The Morgan fingerprint density at radius 1 is 1.40 bits per heavy atom. The second-order valence-corrected chi connectivity index (χ2v) is 6.75. The van der Waals surface area contributed by atoms with E-state index in [-0.39, 0.29) is 5.41 Å². The van der Waals surface area contributed by atoms with E-state index in [0.717, 1.165) is 39.0 Å². The molecule has 0 spiro atoms. The first-order valence-corrected chi connectivity index (χ1v) is 7.63. The second kappa shape index (κ2) is 7.84. The summed E-state index contributed by atoms with van der Waals surface area (Å²) in [5.41, 5.74) is 5.98. The molecule has 0 bridgehead atoms. The molecule has 5 nitrogen and oxygen atoms in total. The molecule has 1 aliphatic rings. The maximum absolute atomic E-state index is 8.72. The zero-order valence-corrected chi connectivity index (χ0v) is 13.2. The number of methoxy groups -OCH3 is 1. The Bertz CT molecular complexity index is 312. The Morgan fingerprint density at radius 3 is 2.65 bits per heavy atom. The van der Waals surface area contributed by atoms with E-state index >= 15 is 0 Å². The number of nitrogens with zero attached hydrogens (tertiary/aromatic N) is 1. The van der Waals surface area contributed by atoms with Gasteiger partial charge in [-0.1, -0.05) is 25.4 Å². The number of hydrogen-bond acceptors (Lipinski definition) is 4. The van der Waals surface area contributed by atoms with Gasteiger partial charge in [0.25, 0.3) is 0 Å². The van der Waals surface area contributed by atoms with Crippen LogP contribution in [0.5, 0.6) is 0 Å². The number of nitrogens with one attached hydrogen (secondary N) is 1. The molecule has 0 aliphatic heterocycles. The third-order valence-corrected chi connectivity index (χ3v) is 4.50. The van der Waals surface area contributed by atoms with Crippen LogP contribution >= 0.6 is 0 Å². The van der Waals surface area contributed by atoms with Crippen molar-refractivity contribution in [1.82, 2.24) is 5.32 Å². The third-order valence-electron chi connectivity index (χ3n) is 4.50. The van der Waals surface area contributed by atoms with E-state index in [4.69, 9.17) is 15.7 Å². The van der Waals surface area contributed by atoms with Crippen molar-refractivity contribution < 1.29 is 9.94 Å². The van der Waals surface area contributed by atoms with Crippen LogP contribution in [0.4, 0.5) is 0 Å². The Hall–Kier alpha value is -0.810. The number of oxime groups is 1. The molecular formula is C15H31N3O2. The van der Waals surface area contributed by atoms with E-state index in [1.54, 1.807) is 7.11 Å². The number of unbranched alkanes of at least 4 members (excludes halogenated alkanes) is 1. The Kier molecular flexibility index (Phi) is 6.76. The minimum absolute atomic E-state index is 0.217. The number of amidine groups is 1. The van der Waals surface area contributed by atoms with Gasteiger partial charge in [-0.2, -0.15) is 0 Å². The first kappa shape index (κ1) is 17.2. The van der Waals surface area contributed by atoms with Crippen LogP contribution in [0.25, 0.3) is 0 Å². The van der Waals surface area contributed by atoms with Crippen LogP contribution < -0.4 is 11.1 Å². The van der Waals surface area contributed by atoms with Crippen LogP contribution in [0.1, 0.15) is 52.4 Å². The van der Waals surface area contributed by atoms with Crippen LogP contribution in [-0.4, -0.2) is 37.8 Å². The van der Waals surface area contributed by atoms with Gasteiger partial charge in [0.15, 0.2) is 0 Å². The molecule has 0 saturated heterocycles. The summed E-state index contributed by atoms with van der Waals surface area (Å²) in [6.07, 6.45) is 7.00. The zero-order chi connectivity index (χ0) is 15.1. The van der Waals surface area contributed by atoms with E-state index in [0.29, 0.717) is 11.3 Å². The van der Waals surface area contributed by atoms with Gasteiger partial charge < -0.3 is 21.0 Å². The van der Waals surface area contributed by atoms with Crippen molar-refractivity contribution in [3.63, 3.8) is 0 Å². The maximum atomic E-state index is 8.72. The predicted octanol–water partition coefficient (Wildman–Crippen LogP) is 2.34. The average Bonchev–Trinajstić information content (AvgIpc) is 3.20. The molecule has 0 atom stereocenters. The minimum Gasteiger partial charge on any atom is -0.409 e. The molecule has 0 aromatic rings. The quantitative estimate of drug-likeness (QED) is 0.179. The van der Waals surface area contributed by atoms with Crippen LogP contribution in [0, 0.1) is 10.8 Å². The summed E-state index contributed by atoms with van der Waals surface area (Å²) in [5.74, 6) is 0.321. The summed E-state index contributed by atoms with van der Waals surface area (Å²) in [7, 11) is 1.77. The summed E-state index contributed by atoms with van der Waals surface area (Å²) >= 11 is 0. The first-order chi connectivity index (χ1) is 9.46. The van der Waals surface area contributed by atoms with Crippen LogP contribution in [0.3, 0.4) is 0 Å². The Labute approximate surface area is 122 Å². The molecule has 0 amide bonds. The molecular weight excluding hydrogens is 254 g/mol. The molecule has 1 rings (SSSR count). The number of rotatable bonds is 11. The lowest BCUT2D eigenvalue weighted by molar-refractivity contribution is 0.171. The number of ether oxygens (including phenoxy) is 1. The van der Waals surface area contributed by atoms with Crippen molar-refractivity contribution >= 4 is 5.84 Å². The monoisotopic (exact) mass is 285 g/mol. The molecule has 0 radical (unpaired) electrons. The molecule has 20 heavy (non-hydrogen) atoms. The summed E-state index contributed by atoms with van der Waals surface area (Å²) in [5, 5.41) is 15.4. The van der Waals surface area contributed by atoms with Gasteiger partial charge in [0.05, 0.1) is 0 Å². The van der Waals surface area contributed by atoms with E-state index in [1.165, 1.54) is 19.3 Å². The molecule has 1 saturated carbocycles. The molecule has 0 heterocycles. The summed E-state index contributed by atoms with van der Waals surface area (Å²) in [6.45, 7) is 7.05. The van der Waals surface area contributed by atoms with Gasteiger partial charge in [-0.25, -0.2) is 0 Å². The van der Waals surface area contributed by atoms with Gasteiger partial charge in [0.2, 0.25) is 0 Å². The molecule has 1 aliphatic carbocycles. The minimum atomic E-state index is -0.217. The standard InChI is InChI=1S/C15H31N3O2/c1-14(2,13(16)18-19)6-4-5-10-17-12-15(7-8-15)9-11-20-3/h17,19H,4-12H2,1-3H3,(H2,16,18). The van der Waals surface area contributed by atoms with E-state index < -0.39 is 0 Å². The average molecular weight is 285 g/mol. The summed E-state index contributed by atoms with van der Waals surface area (Å²) in [6, 6.07) is 0. The lowest BCUT2D eigenvalue weighted by Crippen LogP contribution is -2.32. The van der Waals surface area contributed by atoms with Crippen molar-refractivity contribution in [1.29, 1.82) is 0 Å². The molecule has 0 unspecified atom stereocenters. The molecule has 0 aromatic heterocycles. The van der Waals surface area contributed by atoms with Crippen LogP contribution in [0.2, 0.25) is 0 Å². The smallest absolute Gasteiger partial charge is 0.144 e. The van der Waals surface area contributed by atoms with E-state index in [9.17, 15) is 0 Å². The van der Waals surface area contributed by atoms with Gasteiger partial charge in [-0.3, -0.25) is 0 Å². The fourth-order valence-corrected chi connectivity index (χ4v) is 2.44. The highest BCUT2D eigenvalue weighted by Crippen LogP contribution is 2.48. The fraction of sp³-hybridized carbons (Fsp3) is 0.933. The van der Waals surface area contributed by atoms with Crippen LogP contribution in [0.15, 0.2) is 5.16 Å². The summed E-state index contributed by atoms with van der Waals surface area (Å²) < 4.78 is 5.16. The van der Waals surface area contributed by atoms with Gasteiger partial charge in [0.1, 0.15) is 5.84 Å². The van der Waals surface area contributed by atoms with Crippen molar-refractivity contribution in [2.45, 2.75) is 52.4 Å². The molecule has 5 heteroatoms. The van der Waals surface area contributed by atoms with Gasteiger partial charge in [-0.15, -0.1) is 0 Å². The topological polar surface area (TPSA) is 79.9 Å². The Balaban J connectivity index is 2.06. The highest BCUT2D eigenvalue weighted by molar-refractivity contribution is 5.85. The lowest BCUT2D eigenvalue weighted by atomic mass is 9.86. The molecule has 0 aromatic carbocycles. The number of nitrogens with two attached hydrogens (primary N) is 1. The fourth-order valence-electron chi connectivity index (χ4n) is 2.44. The van der Waals surface area contributed by atoms with E-state index in [1.807, 2.05) is 13.8 Å². The van der Waals surface area contributed by atoms with E-state index in [2.05, 4.69) is 10.5 Å². The highest BCUT2D eigenvalue weighted by atomic mass is 16.5. The predicted molar refractivity (Wildman–Crippen MR) is 82.1 cm³/mol. The van der Waals surface area contributed by atoms with Crippen molar-refractivity contribution in [2.75, 3.05) is 26.8 Å². The largest absolute Gasteiger partial charge is 0.409 e. The molecule has 118 valence electrons. The highest BCUT2D eigenvalue weighted by Gasteiger charge is 2.41. The van der Waals surface area contributed by atoms with Crippen molar-refractivity contribution in [2.24, 2.45) is 21.7 Å². The summed E-state index contributed by atoms with van der Waals surface area (Å²) in [4.78, 5) is 0. The Morgan fingerprint density at radius 2 is 2.10 bits per heavy atom. The van der Waals surface area contributed by atoms with Gasteiger partial charge >= 0.3 is 0 Å². The van der Waals surface area contributed by atoms with Crippen LogP contribution in [-0.2, 0) is 4.74 Å². The van der Waals surface area contributed by atoms with Gasteiger partial charge in [0, 0.05) is 25.7 Å². The normalized spacial score (nSPS) is 18.2. The molecule has 1 fully saturated rings. The zero-order valence-electron chi connectivity index (χ0n) is 13.2. The lowest BCUT2D eigenvalue weighted by Gasteiger charge is -2.22. The number of hydrogen-bond donors (Lipinski definition) is 3. The van der Waals surface area contributed by atoms with Gasteiger partial charge in [-0.05, 0) is 44.1 Å².